The molecule has 2 saturated carbocycles. The van der Waals surface area contributed by atoms with Crippen LogP contribution in [0.5, 0.6) is 11.8 Å². The van der Waals surface area contributed by atoms with Crippen molar-refractivity contribution in [3.63, 3.8) is 0 Å². The molecule has 2 bridgehead atoms. The van der Waals surface area contributed by atoms with Crippen LogP contribution < -0.4 is 25.2 Å². The maximum atomic E-state index is 17.2. The quantitative estimate of drug-likeness (QED) is 0.116. The van der Waals surface area contributed by atoms with Crippen LogP contribution in [0.4, 0.5) is 15.9 Å². The maximum Gasteiger partial charge on any atom is 0.319 e. The number of nitrogens with one attached hydrogen (secondary N) is 2. The van der Waals surface area contributed by atoms with Crippen molar-refractivity contribution in [3.8, 4) is 35.4 Å². The first-order valence-corrected chi connectivity index (χ1v) is 25.7. The largest absolute Gasteiger partial charge is 0.508 e. The van der Waals surface area contributed by atoms with Gasteiger partial charge in [0.25, 0.3) is 5.91 Å². The number of ether oxygens (including phenoxy) is 1. The van der Waals surface area contributed by atoms with E-state index in [0.29, 0.717) is 88.1 Å². The highest BCUT2D eigenvalue weighted by atomic mass is 19.1. The van der Waals surface area contributed by atoms with Gasteiger partial charge in [0.2, 0.25) is 11.8 Å². The number of carbonyl (C=O) groups is 3. The number of piperazine rings is 2. The van der Waals surface area contributed by atoms with Gasteiger partial charge in [-0.15, -0.1) is 6.42 Å². The van der Waals surface area contributed by atoms with E-state index in [-0.39, 0.29) is 52.5 Å². The highest BCUT2D eigenvalue weighted by Gasteiger charge is 2.49. The molecule has 0 spiro atoms. The lowest BCUT2D eigenvalue weighted by Gasteiger charge is -2.37. The number of halogens is 1. The van der Waals surface area contributed by atoms with Crippen molar-refractivity contribution in [1.82, 2.24) is 40.3 Å². The average molecular weight is 959 g/mol. The number of benzene rings is 3. The molecule has 7 fully saturated rings. The van der Waals surface area contributed by atoms with E-state index in [0.717, 1.165) is 102 Å². The van der Waals surface area contributed by atoms with Crippen molar-refractivity contribution < 1.29 is 28.6 Å². The molecule has 8 aliphatic rings. The highest BCUT2D eigenvalue weighted by molar-refractivity contribution is 6.06. The Morgan fingerprint density at radius 2 is 1.68 bits per heavy atom. The predicted molar refractivity (Wildman–Crippen MR) is 266 cm³/mol. The van der Waals surface area contributed by atoms with Gasteiger partial charge in [-0.2, -0.15) is 9.97 Å². The molecule has 3 N–H and O–H groups in total. The van der Waals surface area contributed by atoms with E-state index >= 15 is 4.39 Å². The minimum atomic E-state index is -0.605. The standard InChI is InChI=1S/C55H59FN10O5/c1-2-33-4-3-5-34-21-41(67)22-43(47(33)34)49-48(56)50-44(23-57-49)51(65-28-38-6-7-39(29-65)58-38)61-54(60-50)71-31-55(12-13-55)30-63-25-35-18-32(19-36(35)26-63)24-62-14-16-64(17-15-62)40-8-9-42-37(20-40)27-66(53(42)70)45-10-11-46(68)59-52(45)69/h1,3-5,8-9,20-23,32,35-36,38-39,45,58,67H,6-7,10-19,24-31H2,(H,59,68,69)/t32?,35-,36+,38?,39?,45-/m0/s1. The zero-order valence-electron chi connectivity index (χ0n) is 39.9. The van der Waals surface area contributed by atoms with Crippen LogP contribution >= 0.6 is 0 Å². The van der Waals surface area contributed by atoms with Crippen molar-refractivity contribution in [2.24, 2.45) is 23.2 Å². The van der Waals surface area contributed by atoms with Gasteiger partial charge in [0.05, 0.1) is 12.0 Å². The maximum absolute atomic E-state index is 17.2. The summed E-state index contributed by atoms with van der Waals surface area (Å²) < 4.78 is 23.7. The summed E-state index contributed by atoms with van der Waals surface area (Å²) in [5.41, 5.74) is 3.93. The van der Waals surface area contributed by atoms with Crippen LogP contribution in [-0.4, -0.2) is 143 Å². The molecule has 6 aliphatic heterocycles. The third-order valence-corrected chi connectivity index (χ3v) is 17.2. The van der Waals surface area contributed by atoms with Crippen molar-refractivity contribution in [1.29, 1.82) is 0 Å². The fourth-order valence-corrected chi connectivity index (χ4v) is 13.5. The number of hydrogen-bond donors (Lipinski definition) is 3. The number of phenolic OH excluding ortho intramolecular Hbond substituents is 1. The lowest BCUT2D eigenvalue weighted by molar-refractivity contribution is -0.136. The molecule has 5 aromatic rings. The molecule has 366 valence electrons. The van der Waals surface area contributed by atoms with Gasteiger partial charge in [-0.05, 0) is 110 Å². The predicted octanol–water partition coefficient (Wildman–Crippen LogP) is 5.31. The number of fused-ring (bicyclic) bond motifs is 6. The molecule has 3 unspecified atom stereocenters. The highest BCUT2D eigenvalue weighted by Crippen LogP contribution is 2.50. The fourth-order valence-electron chi connectivity index (χ4n) is 13.5. The molecule has 0 radical (unpaired) electrons. The van der Waals surface area contributed by atoms with E-state index in [2.05, 4.69) is 47.2 Å². The second kappa shape index (κ2) is 17.4. The molecular weight excluding hydrogens is 900 g/mol. The Kier molecular flexibility index (Phi) is 10.9. The average Bonchev–Trinajstić information content (AvgIpc) is 3.52. The number of likely N-dealkylation sites (tertiary alicyclic amines) is 1. The van der Waals surface area contributed by atoms with Crippen molar-refractivity contribution >= 4 is 50.9 Å². The van der Waals surface area contributed by atoms with Gasteiger partial charge in [0.1, 0.15) is 28.8 Å². The number of aromatic hydroxyl groups is 1. The molecule has 3 amide bonds. The third-order valence-electron chi connectivity index (χ3n) is 17.2. The number of amides is 3. The molecule has 16 heteroatoms. The number of rotatable bonds is 11. The van der Waals surface area contributed by atoms with Gasteiger partial charge in [0, 0.05) is 130 Å². The molecule has 2 aromatic heterocycles. The van der Waals surface area contributed by atoms with Gasteiger partial charge in [0.15, 0.2) is 5.82 Å². The number of imide groups is 1. The zero-order chi connectivity index (χ0) is 48.1. The summed E-state index contributed by atoms with van der Waals surface area (Å²) in [5, 5.41) is 18.7. The Morgan fingerprint density at radius 3 is 2.42 bits per heavy atom. The van der Waals surface area contributed by atoms with Crippen LogP contribution in [-0.2, 0) is 16.1 Å². The van der Waals surface area contributed by atoms with Crippen LogP contribution in [0.25, 0.3) is 32.9 Å². The van der Waals surface area contributed by atoms with Crippen molar-refractivity contribution in [2.45, 2.75) is 76.0 Å². The van der Waals surface area contributed by atoms with Crippen LogP contribution in [0.15, 0.2) is 54.7 Å². The first-order valence-electron chi connectivity index (χ1n) is 25.7. The summed E-state index contributed by atoms with van der Waals surface area (Å²) in [4.78, 5) is 63.6. The first kappa shape index (κ1) is 44.5. The number of anilines is 2. The number of phenols is 1. The van der Waals surface area contributed by atoms with E-state index in [1.807, 2.05) is 30.3 Å². The second-order valence-electron chi connectivity index (χ2n) is 22.0. The molecule has 6 atom stereocenters. The van der Waals surface area contributed by atoms with Gasteiger partial charge >= 0.3 is 6.01 Å². The monoisotopic (exact) mass is 958 g/mol. The minimum absolute atomic E-state index is 0.00683. The third kappa shape index (κ3) is 8.19. The number of aromatic nitrogens is 3. The number of terminal acetylenes is 1. The summed E-state index contributed by atoms with van der Waals surface area (Å²) in [6.07, 6.45) is 15.0. The topological polar surface area (TPSA) is 160 Å². The lowest BCUT2D eigenvalue weighted by atomic mass is 9.96. The van der Waals surface area contributed by atoms with Gasteiger partial charge < -0.3 is 34.8 Å². The molecule has 2 aliphatic carbocycles. The SMILES string of the molecule is C#Cc1cccc2cc(O)cc(-c3ncc4c(N5CC6CCC(C5)N6)nc(OCC5(CN6C[C@H]7CC(CN8CCN(c9ccc%10c(c9)CN([C@H]9CCC(=O)NC9=O)C%10=O)CC8)C[C@H]7C6)CC5)nc4c3F)c12. The molecule has 5 saturated heterocycles. The van der Waals surface area contributed by atoms with Crippen LogP contribution in [0, 0.1) is 41.3 Å². The van der Waals surface area contributed by atoms with Crippen LogP contribution in [0.1, 0.15) is 72.9 Å². The molecule has 8 heterocycles. The Bertz CT molecular complexity index is 3030. The Hall–Kier alpha value is -6.41. The number of hydrogen-bond acceptors (Lipinski definition) is 13. The molecule has 15 nitrogen and oxygen atoms in total. The molecule has 71 heavy (non-hydrogen) atoms. The second-order valence-corrected chi connectivity index (χ2v) is 22.0. The first-order chi connectivity index (χ1) is 34.5. The van der Waals surface area contributed by atoms with E-state index in [1.165, 1.54) is 18.9 Å². The molecule has 13 rings (SSSR count). The summed E-state index contributed by atoms with van der Waals surface area (Å²) in [5.74, 6) is 4.08. The van der Waals surface area contributed by atoms with E-state index in [4.69, 9.17) is 21.1 Å². The lowest BCUT2D eigenvalue weighted by Crippen LogP contribution is -2.52. The summed E-state index contributed by atoms with van der Waals surface area (Å²) in [7, 11) is 0. The number of nitrogens with zero attached hydrogens (tertiary/aromatic N) is 8. The minimum Gasteiger partial charge on any atom is -0.508 e. The van der Waals surface area contributed by atoms with Crippen LogP contribution in [0.3, 0.4) is 0 Å². The van der Waals surface area contributed by atoms with Gasteiger partial charge in [-0.1, -0.05) is 18.1 Å². The Balaban J connectivity index is 0.640. The van der Waals surface area contributed by atoms with Gasteiger partial charge in [-0.25, -0.2) is 4.39 Å². The Morgan fingerprint density at radius 1 is 0.887 bits per heavy atom. The molecular formula is C55H59FN10O5. The number of carbonyl (C=O) groups excluding carboxylic acids is 3. The summed E-state index contributed by atoms with van der Waals surface area (Å²) in [6, 6.07) is 14.9. The summed E-state index contributed by atoms with van der Waals surface area (Å²) in [6.45, 7) is 10.6. The Labute approximate surface area is 412 Å². The van der Waals surface area contributed by atoms with E-state index < -0.39 is 11.9 Å². The molecule has 3 aromatic carbocycles. The fraction of sp³-hybridized carbons (Fsp3) is 0.491. The van der Waals surface area contributed by atoms with E-state index in [1.54, 1.807) is 17.2 Å². The van der Waals surface area contributed by atoms with Gasteiger partial charge in [-0.3, -0.25) is 29.6 Å². The number of pyridine rings is 1. The van der Waals surface area contributed by atoms with Crippen LogP contribution in [0.2, 0.25) is 0 Å². The number of piperidine rings is 1. The smallest absolute Gasteiger partial charge is 0.319 e. The van der Waals surface area contributed by atoms with Crippen molar-refractivity contribution in [2.75, 3.05) is 81.9 Å². The zero-order valence-corrected chi connectivity index (χ0v) is 39.9. The van der Waals surface area contributed by atoms with Crippen molar-refractivity contribution in [3.05, 3.63) is 77.2 Å². The summed E-state index contributed by atoms with van der Waals surface area (Å²) >= 11 is 0. The normalized spacial score (nSPS) is 27.1. The van der Waals surface area contributed by atoms with E-state index in [9.17, 15) is 19.5 Å².